The Balaban J connectivity index is 1.68. The number of fused-ring (bicyclic) bond motifs is 1. The first-order valence-corrected chi connectivity index (χ1v) is 12.6. The van der Waals surface area contributed by atoms with E-state index in [4.69, 9.17) is 19.3 Å². The number of methoxy groups -OCH3 is 2. The Morgan fingerprint density at radius 1 is 1.08 bits per heavy atom. The number of aromatic nitrogens is 1. The monoisotopic (exact) mass is 578 g/mol. The molecule has 0 saturated heterocycles. The van der Waals surface area contributed by atoms with Crippen LogP contribution < -0.4 is 19.5 Å². The Morgan fingerprint density at radius 2 is 1.76 bits per heavy atom. The molecular formula is C29H27BrN2O6. The zero-order valence-electron chi connectivity index (χ0n) is 21.2. The second-order valence-electron chi connectivity index (χ2n) is 8.59. The summed E-state index contributed by atoms with van der Waals surface area (Å²) in [7, 11) is 2.95. The van der Waals surface area contributed by atoms with Gasteiger partial charge >= 0.3 is 5.97 Å². The SMILES string of the molecule is COc1cc(/C=C2/C(C)=C(CC(=O)NCc3ccccc3)c3cc(Br)cnc32)cc(OC)c1OCC(=O)O. The van der Waals surface area contributed by atoms with E-state index in [1.165, 1.54) is 14.2 Å². The number of carboxylic acids is 1. The van der Waals surface area contributed by atoms with Gasteiger partial charge < -0.3 is 24.6 Å². The summed E-state index contributed by atoms with van der Waals surface area (Å²) in [4.78, 5) is 28.6. The minimum Gasteiger partial charge on any atom is -0.493 e. The molecule has 4 rings (SSSR count). The van der Waals surface area contributed by atoms with Crippen molar-refractivity contribution < 1.29 is 28.9 Å². The quantitative estimate of drug-likeness (QED) is 0.333. The van der Waals surface area contributed by atoms with Gasteiger partial charge in [-0.1, -0.05) is 30.3 Å². The molecule has 2 aromatic carbocycles. The first kappa shape index (κ1) is 26.9. The molecule has 0 radical (unpaired) electrons. The number of hydrogen-bond donors (Lipinski definition) is 2. The Kier molecular flexibility index (Phi) is 8.48. The molecule has 1 amide bonds. The van der Waals surface area contributed by atoms with Crippen LogP contribution in [0.25, 0.3) is 17.2 Å². The molecule has 1 aliphatic rings. The van der Waals surface area contributed by atoms with E-state index in [0.717, 1.165) is 43.6 Å². The third kappa shape index (κ3) is 6.06. The second-order valence-corrected chi connectivity index (χ2v) is 9.50. The first-order valence-electron chi connectivity index (χ1n) is 11.8. The minimum atomic E-state index is -1.11. The molecule has 0 fully saturated rings. The highest BCUT2D eigenvalue weighted by atomic mass is 79.9. The Morgan fingerprint density at radius 3 is 2.39 bits per heavy atom. The summed E-state index contributed by atoms with van der Waals surface area (Å²) >= 11 is 3.50. The number of carbonyl (C=O) groups excluding carboxylic acids is 1. The number of amides is 1. The van der Waals surface area contributed by atoms with Crippen molar-refractivity contribution in [2.75, 3.05) is 20.8 Å². The van der Waals surface area contributed by atoms with Gasteiger partial charge in [0, 0.05) is 28.4 Å². The largest absolute Gasteiger partial charge is 0.493 e. The highest BCUT2D eigenvalue weighted by molar-refractivity contribution is 9.10. The highest BCUT2D eigenvalue weighted by Crippen LogP contribution is 2.45. The normalized spacial score (nSPS) is 13.3. The number of rotatable bonds is 10. The molecule has 9 heteroatoms. The van der Waals surface area contributed by atoms with Gasteiger partial charge in [0.2, 0.25) is 11.7 Å². The van der Waals surface area contributed by atoms with Crippen molar-refractivity contribution in [1.29, 1.82) is 0 Å². The molecule has 0 aliphatic heterocycles. The summed E-state index contributed by atoms with van der Waals surface area (Å²) in [6.45, 7) is 1.89. The summed E-state index contributed by atoms with van der Waals surface area (Å²) in [5.74, 6) is -0.320. The van der Waals surface area contributed by atoms with Crippen LogP contribution >= 0.6 is 15.9 Å². The van der Waals surface area contributed by atoms with Crippen LogP contribution in [0, 0.1) is 0 Å². The molecule has 0 saturated carbocycles. The number of carboxylic acid groups (broad SMARTS) is 1. The molecule has 8 nitrogen and oxygen atoms in total. The van der Waals surface area contributed by atoms with E-state index in [-0.39, 0.29) is 18.1 Å². The van der Waals surface area contributed by atoms with Gasteiger partial charge in [0.15, 0.2) is 18.1 Å². The summed E-state index contributed by atoms with van der Waals surface area (Å²) in [6, 6.07) is 15.2. The van der Waals surface area contributed by atoms with Gasteiger partial charge in [0.1, 0.15) is 0 Å². The van der Waals surface area contributed by atoms with Gasteiger partial charge in [0.25, 0.3) is 0 Å². The lowest BCUT2D eigenvalue weighted by molar-refractivity contribution is -0.139. The fourth-order valence-corrected chi connectivity index (χ4v) is 4.61. The average molecular weight is 579 g/mol. The molecule has 0 atom stereocenters. The van der Waals surface area contributed by atoms with Crippen molar-refractivity contribution in [3.63, 3.8) is 0 Å². The molecule has 38 heavy (non-hydrogen) atoms. The molecule has 1 heterocycles. The number of ether oxygens (including phenoxy) is 3. The van der Waals surface area contributed by atoms with Crippen LogP contribution in [0.4, 0.5) is 0 Å². The van der Waals surface area contributed by atoms with E-state index >= 15 is 0 Å². The molecule has 0 bridgehead atoms. The van der Waals surface area contributed by atoms with Gasteiger partial charge in [-0.05, 0) is 69.4 Å². The van der Waals surface area contributed by atoms with E-state index in [1.54, 1.807) is 18.3 Å². The standard InChI is InChI=1S/C29H27BrN2O6/c1-17-21(13-26(33)31-14-18-7-5-4-6-8-18)23-12-20(30)15-32-28(23)22(17)9-19-10-24(36-2)29(25(11-19)37-3)38-16-27(34)35/h4-12,15H,13-14,16H2,1-3H3,(H,31,33)(H,34,35)/b22-9-. The van der Waals surface area contributed by atoms with Crippen LogP contribution in [-0.4, -0.2) is 42.8 Å². The summed E-state index contributed by atoms with van der Waals surface area (Å²) in [5.41, 5.74) is 6.11. The van der Waals surface area contributed by atoms with E-state index in [2.05, 4.69) is 26.2 Å². The number of hydrogen-bond acceptors (Lipinski definition) is 6. The molecular weight excluding hydrogens is 552 g/mol. The number of allylic oxidation sites excluding steroid dienone is 2. The number of halogens is 1. The van der Waals surface area contributed by atoms with Crippen LogP contribution in [0.1, 0.15) is 35.7 Å². The van der Waals surface area contributed by atoms with E-state index < -0.39 is 12.6 Å². The van der Waals surface area contributed by atoms with Crippen molar-refractivity contribution in [1.82, 2.24) is 10.3 Å². The maximum Gasteiger partial charge on any atom is 0.341 e. The number of carbonyl (C=O) groups is 2. The van der Waals surface area contributed by atoms with Crippen LogP contribution in [0.5, 0.6) is 17.2 Å². The molecule has 196 valence electrons. The third-order valence-corrected chi connectivity index (χ3v) is 6.53. The molecule has 0 spiro atoms. The fourth-order valence-electron chi connectivity index (χ4n) is 4.28. The fraction of sp³-hybridized carbons (Fsp3) is 0.207. The maximum absolute atomic E-state index is 12.9. The number of nitrogens with zero attached hydrogens (tertiary/aromatic N) is 1. The Bertz CT molecular complexity index is 1410. The van der Waals surface area contributed by atoms with Crippen LogP contribution in [0.2, 0.25) is 0 Å². The number of aliphatic carboxylic acids is 1. The number of nitrogens with one attached hydrogen (secondary N) is 1. The summed E-state index contributed by atoms with van der Waals surface area (Å²) < 4.78 is 17.1. The summed E-state index contributed by atoms with van der Waals surface area (Å²) in [6.07, 6.45) is 3.87. The first-order chi connectivity index (χ1) is 18.3. The van der Waals surface area contributed by atoms with Crippen molar-refractivity contribution >= 4 is 45.0 Å². The molecule has 1 aromatic heterocycles. The van der Waals surface area contributed by atoms with Gasteiger partial charge in [-0.25, -0.2) is 4.79 Å². The zero-order valence-corrected chi connectivity index (χ0v) is 22.8. The van der Waals surface area contributed by atoms with Crippen molar-refractivity contribution in [3.8, 4) is 17.2 Å². The number of pyridine rings is 1. The lowest BCUT2D eigenvalue weighted by Gasteiger charge is -2.14. The Labute approximate surface area is 229 Å². The van der Waals surface area contributed by atoms with Crippen molar-refractivity contribution in [3.05, 3.63) is 87.2 Å². The molecule has 3 aromatic rings. The van der Waals surface area contributed by atoms with Gasteiger partial charge in [-0.2, -0.15) is 0 Å². The van der Waals surface area contributed by atoms with Gasteiger partial charge in [0.05, 0.1) is 26.3 Å². The van der Waals surface area contributed by atoms with E-state index in [0.29, 0.717) is 18.0 Å². The predicted octanol–water partition coefficient (Wildman–Crippen LogP) is 5.36. The average Bonchev–Trinajstić information content (AvgIpc) is 3.16. The van der Waals surface area contributed by atoms with Crippen LogP contribution in [-0.2, 0) is 16.1 Å². The van der Waals surface area contributed by atoms with Gasteiger partial charge in [-0.15, -0.1) is 0 Å². The van der Waals surface area contributed by atoms with Gasteiger partial charge in [-0.3, -0.25) is 9.78 Å². The smallest absolute Gasteiger partial charge is 0.341 e. The van der Waals surface area contributed by atoms with E-state index in [9.17, 15) is 9.59 Å². The van der Waals surface area contributed by atoms with Crippen LogP contribution in [0.15, 0.2) is 64.8 Å². The molecule has 1 aliphatic carbocycles. The third-order valence-electron chi connectivity index (χ3n) is 6.09. The Hall–Kier alpha value is -4.11. The second kappa shape index (κ2) is 12.0. The minimum absolute atomic E-state index is 0.0846. The highest BCUT2D eigenvalue weighted by Gasteiger charge is 2.27. The number of benzene rings is 2. The maximum atomic E-state index is 12.9. The molecule has 0 unspecified atom stereocenters. The van der Waals surface area contributed by atoms with Crippen molar-refractivity contribution in [2.24, 2.45) is 0 Å². The predicted molar refractivity (Wildman–Crippen MR) is 148 cm³/mol. The van der Waals surface area contributed by atoms with Crippen molar-refractivity contribution in [2.45, 2.75) is 19.9 Å². The van der Waals surface area contributed by atoms with Crippen LogP contribution in [0.3, 0.4) is 0 Å². The lowest BCUT2D eigenvalue weighted by atomic mass is 10.0. The summed E-state index contributed by atoms with van der Waals surface area (Å²) in [5, 5.41) is 12.0. The topological polar surface area (TPSA) is 107 Å². The zero-order chi connectivity index (χ0) is 27.2. The van der Waals surface area contributed by atoms with E-state index in [1.807, 2.05) is 49.4 Å². The lowest BCUT2D eigenvalue weighted by Crippen LogP contribution is -2.22. The molecule has 2 N–H and O–H groups in total.